The highest BCUT2D eigenvalue weighted by atomic mass is 79.9. The molecular formula is C12H8BrClN2OS. The summed E-state index contributed by atoms with van der Waals surface area (Å²) in [5, 5.41) is 1.06. The molecule has 1 aromatic carbocycles. The van der Waals surface area contributed by atoms with Crippen molar-refractivity contribution in [1.29, 1.82) is 0 Å². The smallest absolute Gasteiger partial charge is 0.250 e. The van der Waals surface area contributed by atoms with Gasteiger partial charge >= 0.3 is 0 Å². The molecule has 3 nitrogen and oxygen atoms in total. The predicted molar refractivity (Wildman–Crippen MR) is 76.0 cm³/mol. The van der Waals surface area contributed by atoms with E-state index in [2.05, 4.69) is 20.9 Å². The molecular weight excluding hydrogens is 336 g/mol. The lowest BCUT2D eigenvalue weighted by Gasteiger charge is -2.04. The number of carbonyl (C=O) groups excluding carboxylic acids is 1. The molecule has 2 rings (SSSR count). The van der Waals surface area contributed by atoms with Gasteiger partial charge in [-0.3, -0.25) is 4.79 Å². The van der Waals surface area contributed by atoms with Crippen LogP contribution >= 0.6 is 39.3 Å². The topological polar surface area (TPSA) is 56.0 Å². The van der Waals surface area contributed by atoms with E-state index in [1.165, 1.54) is 24.0 Å². The second-order valence-corrected chi connectivity index (χ2v) is 5.82. The molecule has 1 amide bonds. The van der Waals surface area contributed by atoms with Gasteiger partial charge in [-0.1, -0.05) is 39.3 Å². The van der Waals surface area contributed by atoms with E-state index in [1.807, 2.05) is 24.3 Å². The molecule has 0 saturated carbocycles. The number of hydrogen-bond donors (Lipinski definition) is 1. The average Bonchev–Trinajstić information content (AvgIpc) is 2.34. The fraction of sp³-hybridized carbons (Fsp3) is 0. The van der Waals surface area contributed by atoms with Crippen LogP contribution in [0.1, 0.15) is 10.4 Å². The molecule has 1 aromatic heterocycles. The van der Waals surface area contributed by atoms with E-state index in [1.54, 1.807) is 0 Å². The van der Waals surface area contributed by atoms with Gasteiger partial charge in [-0.2, -0.15) is 0 Å². The fourth-order valence-electron chi connectivity index (χ4n) is 1.25. The highest BCUT2D eigenvalue weighted by Gasteiger charge is 2.08. The molecule has 0 radical (unpaired) electrons. The fourth-order valence-corrected chi connectivity index (χ4v) is 2.55. The standard InChI is InChI=1S/C12H8BrClN2OS/c13-8-1-3-9(4-2-8)18-12-10(14)5-7(6-16-12)11(15)17/h1-6H,(H2,15,17). The highest BCUT2D eigenvalue weighted by molar-refractivity contribution is 9.10. The molecule has 0 bridgehead atoms. The molecule has 1 heterocycles. The maximum absolute atomic E-state index is 11.0. The van der Waals surface area contributed by atoms with Gasteiger partial charge in [0.25, 0.3) is 0 Å². The SMILES string of the molecule is NC(=O)c1cnc(Sc2ccc(Br)cc2)c(Cl)c1. The summed E-state index contributed by atoms with van der Waals surface area (Å²) in [6.07, 6.45) is 1.43. The Morgan fingerprint density at radius 2 is 2.00 bits per heavy atom. The summed E-state index contributed by atoms with van der Waals surface area (Å²) < 4.78 is 1.01. The number of rotatable bonds is 3. The van der Waals surface area contributed by atoms with Crippen molar-refractivity contribution in [3.05, 3.63) is 51.6 Å². The number of nitrogens with two attached hydrogens (primary N) is 1. The molecule has 0 spiro atoms. The number of pyridine rings is 1. The van der Waals surface area contributed by atoms with Crippen LogP contribution in [0.5, 0.6) is 0 Å². The summed E-state index contributed by atoms with van der Waals surface area (Å²) in [5.41, 5.74) is 5.46. The van der Waals surface area contributed by atoms with Gasteiger partial charge < -0.3 is 5.73 Å². The number of primary amides is 1. The van der Waals surface area contributed by atoms with Crippen molar-refractivity contribution in [3.8, 4) is 0 Å². The minimum Gasteiger partial charge on any atom is -0.366 e. The molecule has 0 atom stereocenters. The number of aromatic nitrogens is 1. The highest BCUT2D eigenvalue weighted by Crippen LogP contribution is 2.32. The Kier molecular flexibility index (Phi) is 4.27. The van der Waals surface area contributed by atoms with Crippen molar-refractivity contribution in [1.82, 2.24) is 4.98 Å². The molecule has 2 N–H and O–H groups in total. The Hall–Kier alpha value is -1.04. The second-order valence-electron chi connectivity index (χ2n) is 3.43. The Labute approximate surface area is 122 Å². The van der Waals surface area contributed by atoms with Gasteiger partial charge in [0.15, 0.2) is 0 Å². The van der Waals surface area contributed by atoms with Gasteiger partial charge in [-0.05, 0) is 30.3 Å². The van der Waals surface area contributed by atoms with Gasteiger partial charge in [0, 0.05) is 15.6 Å². The van der Waals surface area contributed by atoms with E-state index in [4.69, 9.17) is 17.3 Å². The predicted octanol–water partition coefficient (Wildman–Crippen LogP) is 3.75. The molecule has 0 aliphatic carbocycles. The number of hydrogen-bond acceptors (Lipinski definition) is 3. The van der Waals surface area contributed by atoms with Crippen LogP contribution in [0.4, 0.5) is 0 Å². The Balaban J connectivity index is 2.24. The quantitative estimate of drug-likeness (QED) is 0.923. The minimum atomic E-state index is -0.537. The lowest BCUT2D eigenvalue weighted by molar-refractivity contribution is 0.1000. The zero-order valence-electron chi connectivity index (χ0n) is 9.06. The van der Waals surface area contributed by atoms with Gasteiger partial charge in [0.05, 0.1) is 10.6 Å². The zero-order chi connectivity index (χ0) is 13.1. The third-order valence-electron chi connectivity index (χ3n) is 2.12. The Bertz CT molecular complexity index is 589. The van der Waals surface area contributed by atoms with E-state index in [0.717, 1.165) is 9.37 Å². The average molecular weight is 344 g/mol. The van der Waals surface area contributed by atoms with Crippen LogP contribution < -0.4 is 5.73 Å². The number of amides is 1. The largest absolute Gasteiger partial charge is 0.366 e. The van der Waals surface area contributed by atoms with Gasteiger partial charge in [-0.25, -0.2) is 4.98 Å². The lowest BCUT2D eigenvalue weighted by Crippen LogP contribution is -2.11. The van der Waals surface area contributed by atoms with E-state index in [-0.39, 0.29) is 0 Å². The third-order valence-corrected chi connectivity index (χ3v) is 4.08. The molecule has 2 aromatic rings. The minimum absolute atomic E-state index is 0.306. The van der Waals surface area contributed by atoms with E-state index in [9.17, 15) is 4.79 Å². The number of benzene rings is 1. The first kappa shape index (κ1) is 13.4. The molecule has 0 fully saturated rings. The molecule has 92 valence electrons. The van der Waals surface area contributed by atoms with E-state index < -0.39 is 5.91 Å². The molecule has 18 heavy (non-hydrogen) atoms. The van der Waals surface area contributed by atoms with Crippen molar-refractivity contribution in [2.75, 3.05) is 0 Å². The van der Waals surface area contributed by atoms with Crippen LogP contribution in [0.2, 0.25) is 5.02 Å². The summed E-state index contributed by atoms with van der Waals surface area (Å²) in [5.74, 6) is -0.537. The van der Waals surface area contributed by atoms with E-state index >= 15 is 0 Å². The Morgan fingerprint density at radius 3 is 2.56 bits per heavy atom. The first-order valence-electron chi connectivity index (χ1n) is 4.95. The van der Waals surface area contributed by atoms with Crippen LogP contribution in [0.25, 0.3) is 0 Å². The van der Waals surface area contributed by atoms with Crippen molar-refractivity contribution in [3.63, 3.8) is 0 Å². The third kappa shape index (κ3) is 3.25. The second kappa shape index (κ2) is 5.73. The zero-order valence-corrected chi connectivity index (χ0v) is 12.2. The summed E-state index contributed by atoms with van der Waals surface area (Å²) in [7, 11) is 0. The van der Waals surface area contributed by atoms with Crippen LogP contribution in [-0.4, -0.2) is 10.9 Å². The van der Waals surface area contributed by atoms with Gasteiger partial charge in [0.2, 0.25) is 5.91 Å². The van der Waals surface area contributed by atoms with Crippen molar-refractivity contribution in [2.45, 2.75) is 9.92 Å². The number of nitrogens with zero attached hydrogens (tertiary/aromatic N) is 1. The summed E-state index contributed by atoms with van der Waals surface area (Å²) in [6.45, 7) is 0. The van der Waals surface area contributed by atoms with Crippen molar-refractivity contribution in [2.24, 2.45) is 5.73 Å². The first-order valence-corrected chi connectivity index (χ1v) is 6.94. The molecule has 0 aliphatic heterocycles. The normalized spacial score (nSPS) is 10.3. The molecule has 6 heteroatoms. The summed E-state index contributed by atoms with van der Waals surface area (Å²) in [4.78, 5) is 16.1. The number of carbonyl (C=O) groups is 1. The van der Waals surface area contributed by atoms with Crippen molar-refractivity contribution < 1.29 is 4.79 Å². The molecule has 0 aliphatic rings. The van der Waals surface area contributed by atoms with Crippen LogP contribution in [0.3, 0.4) is 0 Å². The van der Waals surface area contributed by atoms with Gasteiger partial charge in [-0.15, -0.1) is 0 Å². The summed E-state index contributed by atoms with van der Waals surface area (Å²) >= 11 is 10.9. The summed E-state index contributed by atoms with van der Waals surface area (Å²) in [6, 6.07) is 9.31. The van der Waals surface area contributed by atoms with E-state index in [0.29, 0.717) is 15.6 Å². The lowest BCUT2D eigenvalue weighted by atomic mass is 10.3. The maximum Gasteiger partial charge on any atom is 0.250 e. The van der Waals surface area contributed by atoms with Crippen LogP contribution in [0.15, 0.2) is 50.9 Å². The Morgan fingerprint density at radius 1 is 1.33 bits per heavy atom. The maximum atomic E-state index is 11.0. The molecule has 0 saturated heterocycles. The molecule has 0 unspecified atom stereocenters. The monoisotopic (exact) mass is 342 g/mol. The van der Waals surface area contributed by atoms with Crippen LogP contribution in [0, 0.1) is 0 Å². The van der Waals surface area contributed by atoms with Gasteiger partial charge in [0.1, 0.15) is 5.03 Å². The first-order chi connectivity index (χ1) is 8.56. The van der Waals surface area contributed by atoms with Crippen molar-refractivity contribution >= 4 is 45.2 Å². The van der Waals surface area contributed by atoms with Crippen LogP contribution in [-0.2, 0) is 0 Å². The number of halogens is 2.